The van der Waals surface area contributed by atoms with Crippen molar-refractivity contribution in [1.82, 2.24) is 30.0 Å². The Kier molecular flexibility index (Phi) is 5.00. The summed E-state index contributed by atoms with van der Waals surface area (Å²) in [6.45, 7) is 0.342. The third-order valence-electron chi connectivity index (χ3n) is 6.15. The van der Waals surface area contributed by atoms with E-state index in [1.807, 2.05) is 30.3 Å². The van der Waals surface area contributed by atoms with Gasteiger partial charge in [-0.3, -0.25) is 4.79 Å². The lowest BCUT2D eigenvalue weighted by Gasteiger charge is -2.10. The Bertz CT molecular complexity index is 1590. The van der Waals surface area contributed by atoms with Crippen LogP contribution in [0, 0.1) is 0 Å². The van der Waals surface area contributed by atoms with E-state index < -0.39 is 6.10 Å². The fourth-order valence-corrected chi connectivity index (χ4v) is 4.39. The summed E-state index contributed by atoms with van der Waals surface area (Å²) in [5.74, 6) is 0.106. The fraction of sp³-hybridized carbons (Fsp3) is 0.160. The predicted molar refractivity (Wildman–Crippen MR) is 129 cm³/mol. The monoisotopic (exact) mass is 467 g/mol. The highest BCUT2D eigenvalue weighted by Gasteiger charge is 2.25. The Morgan fingerprint density at radius 3 is 2.80 bits per heavy atom. The number of nitrogens with zero attached hydrogens (tertiary/aromatic N) is 5. The summed E-state index contributed by atoms with van der Waals surface area (Å²) in [6.07, 6.45) is 6.44. The molecule has 5 aromatic rings. The Morgan fingerprint density at radius 1 is 1.14 bits per heavy atom. The van der Waals surface area contributed by atoms with Crippen molar-refractivity contribution in [3.63, 3.8) is 0 Å². The molecule has 0 fully saturated rings. The van der Waals surface area contributed by atoms with Crippen LogP contribution in [0.2, 0.25) is 0 Å². The second-order valence-electron chi connectivity index (χ2n) is 8.39. The molecule has 0 spiro atoms. The van der Waals surface area contributed by atoms with Crippen LogP contribution in [0.5, 0.6) is 0 Å². The van der Waals surface area contributed by atoms with Crippen LogP contribution < -0.4 is 11.1 Å². The maximum absolute atomic E-state index is 12.7. The number of anilines is 1. The lowest BCUT2D eigenvalue weighted by molar-refractivity contribution is 0.0951. The van der Waals surface area contributed by atoms with E-state index in [2.05, 4.69) is 20.3 Å². The first-order valence-corrected chi connectivity index (χ1v) is 11.1. The number of carbonyl (C=O) groups excluding carboxylic acids is 1. The van der Waals surface area contributed by atoms with Crippen molar-refractivity contribution in [2.45, 2.75) is 25.1 Å². The highest BCUT2D eigenvalue weighted by atomic mass is 16.3. The van der Waals surface area contributed by atoms with Crippen molar-refractivity contribution in [3.8, 4) is 11.3 Å². The number of aliphatic hydroxyl groups is 1. The zero-order chi connectivity index (χ0) is 23.9. The predicted octanol–water partition coefficient (Wildman–Crippen LogP) is 3.01. The third-order valence-corrected chi connectivity index (χ3v) is 6.15. The molecular formula is C25H21N7O3. The largest absolute Gasteiger partial charge is 0.443 e. The van der Waals surface area contributed by atoms with Crippen molar-refractivity contribution in [3.05, 3.63) is 78.5 Å². The summed E-state index contributed by atoms with van der Waals surface area (Å²) < 4.78 is 7.14. The van der Waals surface area contributed by atoms with Crippen LogP contribution in [0.15, 0.2) is 71.8 Å². The minimum Gasteiger partial charge on any atom is -0.443 e. The molecule has 3 aromatic heterocycles. The molecule has 10 heteroatoms. The van der Waals surface area contributed by atoms with Crippen LogP contribution in [0.1, 0.15) is 28.4 Å². The number of hydrogen-bond donors (Lipinski definition) is 3. The number of carbonyl (C=O) groups is 1. The maximum Gasteiger partial charge on any atom is 0.255 e. The van der Waals surface area contributed by atoms with Gasteiger partial charge in [0.15, 0.2) is 17.6 Å². The van der Waals surface area contributed by atoms with E-state index in [0.29, 0.717) is 52.2 Å². The summed E-state index contributed by atoms with van der Waals surface area (Å²) in [7, 11) is 0. The number of aromatic nitrogens is 5. The lowest BCUT2D eigenvalue weighted by Crippen LogP contribution is -2.22. The van der Waals surface area contributed by atoms with Crippen LogP contribution in [0.4, 0.5) is 5.82 Å². The number of fused-ring (bicyclic) bond motifs is 2. The van der Waals surface area contributed by atoms with Gasteiger partial charge < -0.3 is 20.6 Å². The van der Waals surface area contributed by atoms with Crippen LogP contribution in [-0.4, -0.2) is 41.9 Å². The molecule has 3 heterocycles. The molecule has 35 heavy (non-hydrogen) atoms. The number of hydrogen-bond acceptors (Lipinski definition) is 8. The molecule has 2 unspecified atom stereocenters. The zero-order valence-electron chi connectivity index (χ0n) is 18.5. The second kappa shape index (κ2) is 8.33. The number of nitrogens with two attached hydrogens (primary N) is 1. The SMILES string of the molecule is Nc1ncnc2c1c(-c1ccc(CNC(=O)c3cccc4ncoc34)cc1)nn2C1C=CC(O)C1. The Balaban J connectivity index is 1.25. The van der Waals surface area contributed by atoms with Gasteiger partial charge in [-0.1, -0.05) is 42.5 Å². The molecule has 1 amide bonds. The minimum absolute atomic E-state index is 0.112. The zero-order valence-corrected chi connectivity index (χ0v) is 18.5. The number of nitrogen functional groups attached to an aromatic ring is 1. The molecule has 174 valence electrons. The summed E-state index contributed by atoms with van der Waals surface area (Å²) in [5, 5.41) is 18.3. The fourth-order valence-electron chi connectivity index (χ4n) is 4.39. The van der Waals surface area contributed by atoms with Crippen LogP contribution in [-0.2, 0) is 6.54 Å². The summed E-state index contributed by atoms with van der Waals surface area (Å²) in [4.78, 5) is 25.3. The molecular weight excluding hydrogens is 446 g/mol. The molecule has 0 saturated heterocycles. The van der Waals surface area contributed by atoms with Crippen LogP contribution >= 0.6 is 0 Å². The number of oxazole rings is 1. The molecule has 0 aliphatic heterocycles. The number of nitrogens with one attached hydrogen (secondary N) is 1. The van der Waals surface area contributed by atoms with Crippen molar-refractivity contribution < 1.29 is 14.3 Å². The second-order valence-corrected chi connectivity index (χ2v) is 8.39. The van der Waals surface area contributed by atoms with Gasteiger partial charge in [-0.05, 0) is 17.7 Å². The molecule has 0 saturated carbocycles. The van der Waals surface area contributed by atoms with Gasteiger partial charge in [-0.15, -0.1) is 0 Å². The highest BCUT2D eigenvalue weighted by Crippen LogP contribution is 2.34. The van der Waals surface area contributed by atoms with Gasteiger partial charge in [-0.25, -0.2) is 19.6 Å². The first-order valence-electron chi connectivity index (χ1n) is 11.1. The molecule has 2 aromatic carbocycles. The van der Waals surface area contributed by atoms with Gasteiger partial charge in [0.1, 0.15) is 23.4 Å². The Hall–Kier alpha value is -4.57. The van der Waals surface area contributed by atoms with E-state index in [0.717, 1.165) is 11.1 Å². The summed E-state index contributed by atoms with van der Waals surface area (Å²) >= 11 is 0. The number of benzene rings is 2. The van der Waals surface area contributed by atoms with Gasteiger partial charge in [0, 0.05) is 18.5 Å². The molecule has 0 radical (unpaired) electrons. The topological polar surface area (TPSA) is 145 Å². The highest BCUT2D eigenvalue weighted by molar-refractivity contribution is 6.04. The molecule has 0 bridgehead atoms. The molecule has 1 aliphatic rings. The van der Waals surface area contributed by atoms with Crippen molar-refractivity contribution >= 4 is 33.9 Å². The number of amides is 1. The van der Waals surface area contributed by atoms with E-state index in [1.165, 1.54) is 12.7 Å². The van der Waals surface area contributed by atoms with Gasteiger partial charge >= 0.3 is 0 Å². The Labute approximate surface area is 199 Å². The van der Waals surface area contributed by atoms with E-state index in [1.54, 1.807) is 29.0 Å². The smallest absolute Gasteiger partial charge is 0.255 e. The van der Waals surface area contributed by atoms with E-state index in [9.17, 15) is 9.90 Å². The summed E-state index contributed by atoms with van der Waals surface area (Å²) in [6, 6.07) is 12.9. The number of allylic oxidation sites excluding steroid dienone is 1. The first kappa shape index (κ1) is 21.0. The van der Waals surface area contributed by atoms with Crippen LogP contribution in [0.3, 0.4) is 0 Å². The number of para-hydroxylation sites is 1. The van der Waals surface area contributed by atoms with E-state index in [-0.39, 0.29) is 11.9 Å². The quantitative estimate of drug-likeness (QED) is 0.335. The van der Waals surface area contributed by atoms with Gasteiger partial charge in [0.2, 0.25) is 0 Å². The number of aliphatic hydroxyl groups excluding tert-OH is 1. The molecule has 6 rings (SSSR count). The maximum atomic E-state index is 12.7. The van der Waals surface area contributed by atoms with E-state index in [4.69, 9.17) is 15.2 Å². The van der Waals surface area contributed by atoms with Crippen molar-refractivity contribution in [1.29, 1.82) is 0 Å². The molecule has 2 atom stereocenters. The lowest BCUT2D eigenvalue weighted by atomic mass is 10.1. The average molecular weight is 467 g/mol. The third kappa shape index (κ3) is 3.69. The molecule has 4 N–H and O–H groups in total. The molecule has 10 nitrogen and oxygen atoms in total. The number of rotatable bonds is 5. The van der Waals surface area contributed by atoms with Gasteiger partial charge in [0.05, 0.1) is 23.1 Å². The van der Waals surface area contributed by atoms with Crippen LogP contribution in [0.25, 0.3) is 33.4 Å². The van der Waals surface area contributed by atoms with Gasteiger partial charge in [-0.2, -0.15) is 5.10 Å². The minimum atomic E-state index is -0.507. The molecule has 1 aliphatic carbocycles. The standard InChI is InChI=1S/C25H21N7O3/c26-23-20-21(31-32(24(20)29-12-28-23)16-8-9-17(33)10-16)15-6-4-14(5-7-15)11-27-25(34)18-2-1-3-19-22(18)35-13-30-19/h1-9,12-13,16-17,33H,10-11H2,(H,27,34)(H2,26,28,29). The van der Waals surface area contributed by atoms with E-state index >= 15 is 0 Å². The van der Waals surface area contributed by atoms with Crippen molar-refractivity contribution in [2.75, 3.05) is 5.73 Å². The summed E-state index contributed by atoms with van der Waals surface area (Å²) in [5.41, 5.74) is 10.8. The first-order chi connectivity index (χ1) is 17.1. The van der Waals surface area contributed by atoms with Gasteiger partial charge in [0.25, 0.3) is 5.91 Å². The normalized spacial score (nSPS) is 17.4. The Morgan fingerprint density at radius 2 is 2.00 bits per heavy atom. The average Bonchev–Trinajstić information content (AvgIpc) is 3.61. The van der Waals surface area contributed by atoms with Crippen molar-refractivity contribution in [2.24, 2.45) is 0 Å².